The number of nitrogens with one attached hydrogen (secondary N) is 1. The molecule has 0 atom stereocenters. The first-order chi connectivity index (χ1) is 8.60. The van der Waals surface area contributed by atoms with Gasteiger partial charge in [0.05, 0.1) is 11.5 Å². The third-order valence-corrected chi connectivity index (χ3v) is 4.61. The van der Waals surface area contributed by atoms with E-state index >= 15 is 0 Å². The molecule has 6 heteroatoms. The first-order valence-corrected chi connectivity index (χ1v) is 8.66. The summed E-state index contributed by atoms with van der Waals surface area (Å²) < 4.78 is 26.4. The molecule has 0 amide bonds. The summed E-state index contributed by atoms with van der Waals surface area (Å²) in [7, 11) is -3.45. The largest absolute Gasteiger partial charge is 0.392 e. The number of aliphatic hydroxyl groups is 1. The SMILES string of the molecule is CSCCCCNS(=O)(=O)c1cccc(CO)c1. The molecule has 0 radical (unpaired) electrons. The highest BCUT2D eigenvalue weighted by atomic mass is 32.2. The minimum Gasteiger partial charge on any atom is -0.392 e. The number of hydrogen-bond acceptors (Lipinski definition) is 4. The van der Waals surface area contributed by atoms with Crippen LogP contribution in [0.15, 0.2) is 29.2 Å². The van der Waals surface area contributed by atoms with Gasteiger partial charge in [-0.25, -0.2) is 13.1 Å². The predicted molar refractivity (Wildman–Crippen MR) is 75.2 cm³/mol. The second-order valence-electron chi connectivity index (χ2n) is 3.90. The molecule has 0 unspecified atom stereocenters. The highest BCUT2D eigenvalue weighted by molar-refractivity contribution is 7.98. The minimum atomic E-state index is -3.45. The molecule has 18 heavy (non-hydrogen) atoms. The van der Waals surface area contributed by atoms with Crippen molar-refractivity contribution in [3.8, 4) is 0 Å². The molecule has 0 aliphatic heterocycles. The van der Waals surface area contributed by atoms with Gasteiger partial charge in [0, 0.05) is 6.54 Å². The van der Waals surface area contributed by atoms with Gasteiger partial charge in [-0.2, -0.15) is 11.8 Å². The second kappa shape index (κ2) is 7.78. The Labute approximate surface area is 113 Å². The molecule has 1 aromatic rings. The molecule has 4 nitrogen and oxygen atoms in total. The molecule has 0 saturated carbocycles. The summed E-state index contributed by atoms with van der Waals surface area (Å²) in [5.41, 5.74) is 0.597. The Hall–Kier alpha value is -0.560. The van der Waals surface area contributed by atoms with Crippen molar-refractivity contribution >= 4 is 21.8 Å². The van der Waals surface area contributed by atoms with Crippen molar-refractivity contribution in [1.29, 1.82) is 0 Å². The average Bonchev–Trinajstić information content (AvgIpc) is 2.38. The summed E-state index contributed by atoms with van der Waals surface area (Å²) in [5, 5.41) is 8.98. The van der Waals surface area contributed by atoms with Gasteiger partial charge in [0.15, 0.2) is 0 Å². The fourth-order valence-corrected chi connectivity index (χ4v) is 3.11. The van der Waals surface area contributed by atoms with Crippen LogP contribution in [0, 0.1) is 0 Å². The highest BCUT2D eigenvalue weighted by Crippen LogP contribution is 2.11. The van der Waals surface area contributed by atoms with Gasteiger partial charge in [-0.3, -0.25) is 0 Å². The predicted octanol–water partition coefficient (Wildman–Crippen LogP) is 1.60. The Kier molecular flexibility index (Phi) is 6.70. The lowest BCUT2D eigenvalue weighted by atomic mass is 10.2. The third kappa shape index (κ3) is 4.97. The van der Waals surface area contributed by atoms with Gasteiger partial charge in [-0.15, -0.1) is 0 Å². The quantitative estimate of drug-likeness (QED) is 0.713. The third-order valence-electron chi connectivity index (χ3n) is 2.46. The van der Waals surface area contributed by atoms with Crippen LogP contribution in [0.2, 0.25) is 0 Å². The van der Waals surface area contributed by atoms with Gasteiger partial charge in [-0.05, 0) is 42.5 Å². The number of rotatable bonds is 8. The summed E-state index contributed by atoms with van der Waals surface area (Å²) in [6.07, 6.45) is 3.87. The lowest BCUT2D eigenvalue weighted by Crippen LogP contribution is -2.25. The van der Waals surface area contributed by atoms with E-state index in [0.717, 1.165) is 18.6 Å². The average molecular weight is 289 g/mol. The van der Waals surface area contributed by atoms with Crippen molar-refractivity contribution < 1.29 is 13.5 Å². The molecule has 102 valence electrons. The maximum atomic E-state index is 11.9. The van der Waals surface area contributed by atoms with E-state index in [1.165, 1.54) is 12.1 Å². The van der Waals surface area contributed by atoms with Crippen LogP contribution in [-0.4, -0.2) is 32.1 Å². The number of sulfonamides is 1. The summed E-state index contributed by atoms with van der Waals surface area (Å²) >= 11 is 1.76. The van der Waals surface area contributed by atoms with Gasteiger partial charge in [0.25, 0.3) is 0 Å². The van der Waals surface area contributed by atoms with Crippen molar-refractivity contribution in [2.24, 2.45) is 0 Å². The molecule has 0 aliphatic carbocycles. The maximum absolute atomic E-state index is 11.9. The molecule has 0 heterocycles. The summed E-state index contributed by atoms with van der Waals surface area (Å²) in [4.78, 5) is 0.207. The monoisotopic (exact) mass is 289 g/mol. The minimum absolute atomic E-state index is 0.156. The summed E-state index contributed by atoms with van der Waals surface area (Å²) in [6.45, 7) is 0.295. The van der Waals surface area contributed by atoms with Crippen LogP contribution < -0.4 is 4.72 Å². The number of benzene rings is 1. The molecule has 0 bridgehead atoms. The van der Waals surface area contributed by atoms with Gasteiger partial charge < -0.3 is 5.11 Å². The maximum Gasteiger partial charge on any atom is 0.240 e. The molecular weight excluding hydrogens is 270 g/mol. The second-order valence-corrected chi connectivity index (χ2v) is 6.66. The topological polar surface area (TPSA) is 66.4 Å². The number of aliphatic hydroxyl groups excluding tert-OH is 1. The van der Waals surface area contributed by atoms with Gasteiger partial charge >= 0.3 is 0 Å². The Morgan fingerprint density at radius 3 is 2.78 bits per heavy atom. The smallest absolute Gasteiger partial charge is 0.240 e. The van der Waals surface area contributed by atoms with Gasteiger partial charge in [0.1, 0.15) is 0 Å². The zero-order chi connectivity index (χ0) is 13.4. The van der Waals surface area contributed by atoms with Crippen LogP contribution in [0.25, 0.3) is 0 Å². The first-order valence-electron chi connectivity index (χ1n) is 5.78. The molecule has 0 spiro atoms. The van der Waals surface area contributed by atoms with Crippen molar-refractivity contribution in [2.45, 2.75) is 24.3 Å². The van der Waals surface area contributed by atoms with Crippen LogP contribution in [0.3, 0.4) is 0 Å². The lowest BCUT2D eigenvalue weighted by molar-refractivity contribution is 0.281. The molecule has 1 rings (SSSR count). The molecule has 0 aliphatic rings. The Balaban J connectivity index is 2.57. The summed E-state index contributed by atoms with van der Waals surface area (Å²) in [5.74, 6) is 1.04. The van der Waals surface area contributed by atoms with E-state index in [-0.39, 0.29) is 11.5 Å². The van der Waals surface area contributed by atoms with Crippen molar-refractivity contribution in [3.63, 3.8) is 0 Å². The Morgan fingerprint density at radius 2 is 2.11 bits per heavy atom. The van der Waals surface area contributed by atoms with Crippen molar-refractivity contribution in [1.82, 2.24) is 4.72 Å². The van der Waals surface area contributed by atoms with Crippen LogP contribution >= 0.6 is 11.8 Å². The van der Waals surface area contributed by atoms with E-state index in [1.54, 1.807) is 23.9 Å². The Bertz CT molecular complexity index is 460. The Morgan fingerprint density at radius 1 is 1.33 bits per heavy atom. The lowest BCUT2D eigenvalue weighted by Gasteiger charge is -2.07. The van der Waals surface area contributed by atoms with E-state index in [0.29, 0.717) is 12.1 Å². The van der Waals surface area contributed by atoms with E-state index in [4.69, 9.17) is 5.11 Å². The molecular formula is C12H19NO3S2. The van der Waals surface area contributed by atoms with Crippen LogP contribution in [0.5, 0.6) is 0 Å². The zero-order valence-corrected chi connectivity index (χ0v) is 12.1. The zero-order valence-electron chi connectivity index (χ0n) is 10.4. The fourth-order valence-electron chi connectivity index (χ4n) is 1.47. The molecule has 0 fully saturated rings. The van der Waals surface area contributed by atoms with Gasteiger partial charge in [0.2, 0.25) is 10.0 Å². The van der Waals surface area contributed by atoms with E-state index in [1.807, 2.05) is 6.26 Å². The molecule has 0 aromatic heterocycles. The standard InChI is InChI=1S/C12H19NO3S2/c1-17-8-3-2-7-13-18(15,16)12-6-4-5-11(9-12)10-14/h4-6,9,13-14H,2-3,7-8,10H2,1H3. The number of hydrogen-bond donors (Lipinski definition) is 2. The summed E-state index contributed by atoms with van der Waals surface area (Å²) in [6, 6.07) is 6.35. The van der Waals surface area contributed by atoms with Gasteiger partial charge in [-0.1, -0.05) is 12.1 Å². The number of unbranched alkanes of at least 4 members (excludes halogenated alkanes) is 1. The van der Waals surface area contributed by atoms with Crippen LogP contribution in [-0.2, 0) is 16.6 Å². The van der Waals surface area contributed by atoms with Crippen molar-refractivity contribution in [3.05, 3.63) is 29.8 Å². The molecule has 2 N–H and O–H groups in total. The first kappa shape index (κ1) is 15.5. The molecule has 0 saturated heterocycles. The van der Waals surface area contributed by atoms with Crippen LogP contribution in [0.1, 0.15) is 18.4 Å². The fraction of sp³-hybridized carbons (Fsp3) is 0.500. The van der Waals surface area contributed by atoms with Crippen molar-refractivity contribution in [2.75, 3.05) is 18.6 Å². The highest BCUT2D eigenvalue weighted by Gasteiger charge is 2.13. The van der Waals surface area contributed by atoms with E-state index in [2.05, 4.69) is 4.72 Å². The number of thioether (sulfide) groups is 1. The van der Waals surface area contributed by atoms with Crippen LogP contribution in [0.4, 0.5) is 0 Å². The van der Waals surface area contributed by atoms with E-state index < -0.39 is 10.0 Å². The van der Waals surface area contributed by atoms with E-state index in [9.17, 15) is 8.42 Å². The normalized spacial score (nSPS) is 11.7. The molecule has 1 aromatic carbocycles.